The van der Waals surface area contributed by atoms with Crippen molar-refractivity contribution in [2.24, 2.45) is 0 Å². The van der Waals surface area contributed by atoms with Crippen molar-refractivity contribution in [2.45, 2.75) is 39.3 Å². The Kier molecular flexibility index (Phi) is 5.45. The summed E-state index contributed by atoms with van der Waals surface area (Å²) < 4.78 is 5.39. The Hall–Kier alpha value is -1.06. The van der Waals surface area contributed by atoms with Gasteiger partial charge in [0.15, 0.2) is 0 Å². The lowest BCUT2D eigenvalue weighted by atomic mass is 10.0. The topological polar surface area (TPSA) is 41.5 Å². The second-order valence-corrected chi connectivity index (χ2v) is 4.42. The average Bonchev–Trinajstić information content (AvgIpc) is 2.35. The third-order valence-corrected chi connectivity index (χ3v) is 3.05. The molecule has 3 nitrogen and oxygen atoms in total. The Bertz CT molecular complexity index is 348. The van der Waals surface area contributed by atoms with Crippen LogP contribution in [0, 0.1) is 6.92 Å². The van der Waals surface area contributed by atoms with Crippen LogP contribution in [0.15, 0.2) is 18.2 Å². The molecule has 3 heteroatoms. The van der Waals surface area contributed by atoms with Crippen molar-refractivity contribution in [2.75, 3.05) is 13.7 Å². The Balaban J connectivity index is 2.84. The number of aliphatic hydroxyl groups excluding tert-OH is 1. The highest BCUT2D eigenvalue weighted by Gasteiger charge is 2.14. The van der Waals surface area contributed by atoms with Gasteiger partial charge in [-0.15, -0.1) is 0 Å². The minimum Gasteiger partial charge on any atom is -0.496 e. The highest BCUT2D eigenvalue weighted by Crippen LogP contribution is 2.26. The van der Waals surface area contributed by atoms with E-state index in [2.05, 4.69) is 31.3 Å². The molecule has 0 aliphatic carbocycles. The van der Waals surface area contributed by atoms with Crippen LogP contribution in [0.2, 0.25) is 0 Å². The van der Waals surface area contributed by atoms with Crippen molar-refractivity contribution in [1.82, 2.24) is 5.32 Å². The van der Waals surface area contributed by atoms with Gasteiger partial charge >= 0.3 is 0 Å². The fourth-order valence-corrected chi connectivity index (χ4v) is 1.92. The highest BCUT2D eigenvalue weighted by molar-refractivity contribution is 5.39. The Morgan fingerprint density at radius 2 is 2.12 bits per heavy atom. The van der Waals surface area contributed by atoms with Crippen LogP contribution in [0.25, 0.3) is 0 Å². The molecule has 0 aliphatic heterocycles. The molecule has 0 aromatic heterocycles. The van der Waals surface area contributed by atoms with E-state index in [0.717, 1.165) is 17.7 Å². The van der Waals surface area contributed by atoms with Gasteiger partial charge in [0.25, 0.3) is 0 Å². The van der Waals surface area contributed by atoms with Crippen LogP contribution >= 0.6 is 0 Å². The van der Waals surface area contributed by atoms with Gasteiger partial charge < -0.3 is 15.2 Å². The fraction of sp³-hybridized carbons (Fsp3) is 0.571. The van der Waals surface area contributed by atoms with Crippen LogP contribution in [0.4, 0.5) is 0 Å². The number of methoxy groups -OCH3 is 1. The van der Waals surface area contributed by atoms with E-state index < -0.39 is 0 Å². The molecule has 0 heterocycles. The quantitative estimate of drug-likeness (QED) is 0.798. The van der Waals surface area contributed by atoms with E-state index in [-0.39, 0.29) is 18.7 Å². The lowest BCUT2D eigenvalue weighted by Crippen LogP contribution is -2.34. The Labute approximate surface area is 104 Å². The minimum atomic E-state index is 0.135. The van der Waals surface area contributed by atoms with Crippen LogP contribution < -0.4 is 10.1 Å². The first kappa shape index (κ1) is 14.0. The zero-order chi connectivity index (χ0) is 12.8. The molecule has 0 amide bonds. The molecule has 96 valence electrons. The summed E-state index contributed by atoms with van der Waals surface area (Å²) in [6, 6.07) is 6.50. The number of aryl methyl sites for hydroxylation is 1. The van der Waals surface area contributed by atoms with E-state index >= 15 is 0 Å². The van der Waals surface area contributed by atoms with Gasteiger partial charge in [0.05, 0.1) is 13.7 Å². The van der Waals surface area contributed by atoms with Crippen molar-refractivity contribution in [3.63, 3.8) is 0 Å². The molecule has 1 aromatic carbocycles. The van der Waals surface area contributed by atoms with Gasteiger partial charge in [-0.25, -0.2) is 0 Å². The smallest absolute Gasteiger partial charge is 0.123 e. The maximum Gasteiger partial charge on any atom is 0.123 e. The maximum atomic E-state index is 9.20. The lowest BCUT2D eigenvalue weighted by molar-refractivity contribution is 0.229. The van der Waals surface area contributed by atoms with Crippen molar-refractivity contribution < 1.29 is 9.84 Å². The predicted octanol–water partition coefficient (Wildman–Crippen LogP) is 2.43. The van der Waals surface area contributed by atoms with Crippen LogP contribution in [0.5, 0.6) is 5.75 Å². The zero-order valence-corrected chi connectivity index (χ0v) is 11.2. The second-order valence-electron chi connectivity index (χ2n) is 4.42. The van der Waals surface area contributed by atoms with E-state index in [1.807, 2.05) is 13.0 Å². The number of benzene rings is 1. The summed E-state index contributed by atoms with van der Waals surface area (Å²) in [7, 11) is 1.69. The normalized spacial score (nSPS) is 14.4. The molecule has 0 spiro atoms. The summed E-state index contributed by atoms with van der Waals surface area (Å²) in [6.45, 7) is 6.36. The fourth-order valence-electron chi connectivity index (χ4n) is 1.92. The van der Waals surface area contributed by atoms with Gasteiger partial charge in [0.2, 0.25) is 0 Å². The number of ether oxygens (including phenoxy) is 1. The summed E-state index contributed by atoms with van der Waals surface area (Å²) in [6.07, 6.45) is 0.912. The van der Waals surface area contributed by atoms with E-state index in [1.165, 1.54) is 5.56 Å². The van der Waals surface area contributed by atoms with Crippen molar-refractivity contribution in [1.29, 1.82) is 0 Å². The van der Waals surface area contributed by atoms with Gasteiger partial charge in [-0.2, -0.15) is 0 Å². The average molecular weight is 237 g/mol. The van der Waals surface area contributed by atoms with Crippen LogP contribution in [-0.2, 0) is 0 Å². The van der Waals surface area contributed by atoms with Crippen molar-refractivity contribution >= 4 is 0 Å². The third kappa shape index (κ3) is 3.72. The summed E-state index contributed by atoms with van der Waals surface area (Å²) in [5, 5.41) is 12.6. The van der Waals surface area contributed by atoms with Crippen molar-refractivity contribution in [3.05, 3.63) is 29.3 Å². The molecule has 1 aromatic rings. The highest BCUT2D eigenvalue weighted by atomic mass is 16.5. The number of aliphatic hydroxyl groups is 1. The van der Waals surface area contributed by atoms with Crippen LogP contribution in [0.3, 0.4) is 0 Å². The largest absolute Gasteiger partial charge is 0.496 e. The molecule has 0 saturated heterocycles. The number of hydrogen-bond donors (Lipinski definition) is 2. The molecule has 1 rings (SSSR count). The van der Waals surface area contributed by atoms with Crippen LogP contribution in [-0.4, -0.2) is 24.9 Å². The summed E-state index contributed by atoms with van der Waals surface area (Å²) >= 11 is 0. The Morgan fingerprint density at radius 1 is 1.41 bits per heavy atom. The number of nitrogens with one attached hydrogen (secondary N) is 1. The second kappa shape index (κ2) is 6.62. The monoisotopic (exact) mass is 237 g/mol. The molecule has 2 atom stereocenters. The molecule has 1 unspecified atom stereocenters. The minimum absolute atomic E-state index is 0.135. The lowest BCUT2D eigenvalue weighted by Gasteiger charge is -2.22. The molecule has 0 fully saturated rings. The molecule has 0 radical (unpaired) electrons. The van der Waals surface area contributed by atoms with Crippen molar-refractivity contribution in [3.8, 4) is 5.75 Å². The van der Waals surface area contributed by atoms with Gasteiger partial charge in [-0.05, 0) is 31.9 Å². The van der Waals surface area contributed by atoms with Gasteiger partial charge in [0.1, 0.15) is 5.75 Å². The summed E-state index contributed by atoms with van der Waals surface area (Å²) in [5.41, 5.74) is 2.32. The van der Waals surface area contributed by atoms with E-state index in [1.54, 1.807) is 7.11 Å². The van der Waals surface area contributed by atoms with Gasteiger partial charge in [0, 0.05) is 17.6 Å². The SMILES string of the molecule is CC[C@H](CO)NC(C)c1ccc(C)cc1OC. The summed E-state index contributed by atoms with van der Waals surface area (Å²) in [5.74, 6) is 0.901. The standard InChI is InChI=1S/C14H23NO2/c1-5-12(9-16)15-11(3)13-7-6-10(2)8-14(13)17-4/h6-8,11-12,15-16H,5,9H2,1-4H3/t11?,12-/m1/s1. The zero-order valence-electron chi connectivity index (χ0n) is 11.2. The molecular formula is C14H23NO2. The predicted molar refractivity (Wildman–Crippen MR) is 70.4 cm³/mol. The molecular weight excluding hydrogens is 214 g/mol. The molecule has 0 aliphatic rings. The van der Waals surface area contributed by atoms with Gasteiger partial charge in [-0.3, -0.25) is 0 Å². The first-order valence-corrected chi connectivity index (χ1v) is 6.13. The molecule has 2 N–H and O–H groups in total. The number of rotatable bonds is 6. The number of hydrogen-bond acceptors (Lipinski definition) is 3. The first-order valence-electron chi connectivity index (χ1n) is 6.13. The molecule has 0 saturated carbocycles. The van der Waals surface area contributed by atoms with E-state index in [0.29, 0.717) is 0 Å². The Morgan fingerprint density at radius 3 is 2.65 bits per heavy atom. The van der Waals surface area contributed by atoms with E-state index in [4.69, 9.17) is 4.74 Å². The third-order valence-electron chi connectivity index (χ3n) is 3.05. The van der Waals surface area contributed by atoms with Gasteiger partial charge in [-0.1, -0.05) is 19.1 Å². The maximum absolute atomic E-state index is 9.20. The van der Waals surface area contributed by atoms with E-state index in [9.17, 15) is 5.11 Å². The first-order chi connectivity index (χ1) is 8.12. The van der Waals surface area contributed by atoms with Crippen LogP contribution in [0.1, 0.15) is 37.4 Å². The molecule has 0 bridgehead atoms. The molecule has 17 heavy (non-hydrogen) atoms. The summed E-state index contributed by atoms with van der Waals surface area (Å²) in [4.78, 5) is 0.